The van der Waals surface area contributed by atoms with Crippen molar-refractivity contribution in [3.05, 3.63) is 12.2 Å². The van der Waals surface area contributed by atoms with Crippen LogP contribution in [0.2, 0.25) is 0 Å². The lowest BCUT2D eigenvalue weighted by Crippen LogP contribution is -2.32. The fraction of sp³-hybridized carbons (Fsp3) is 0.714. The molecule has 2 saturated heterocycles. The maximum atomic E-state index is 11.2. The van der Waals surface area contributed by atoms with E-state index < -0.39 is 17.9 Å². The molecule has 0 spiro atoms. The second-order valence-corrected chi connectivity index (χ2v) is 5.30. The molecule has 0 amide bonds. The molecule has 2 rings (SSSR count). The van der Waals surface area contributed by atoms with Gasteiger partial charge in [-0.1, -0.05) is 12.2 Å². The highest BCUT2D eigenvalue weighted by molar-refractivity contribution is 5.72. The number of carboxylic acid groups (broad SMARTS) is 2. The van der Waals surface area contributed by atoms with Crippen molar-refractivity contribution in [2.24, 2.45) is 11.8 Å². The van der Waals surface area contributed by atoms with E-state index in [1.807, 2.05) is 12.2 Å². The maximum absolute atomic E-state index is 11.2. The predicted octanol–water partition coefficient (Wildman–Crippen LogP) is 2.07. The van der Waals surface area contributed by atoms with Gasteiger partial charge in [-0.05, 0) is 32.1 Å². The minimum atomic E-state index is -0.771. The van der Waals surface area contributed by atoms with Gasteiger partial charge in [-0.2, -0.15) is 0 Å². The number of allylic oxidation sites excluding steroid dienone is 1. The Morgan fingerprint density at radius 1 is 1.16 bits per heavy atom. The highest BCUT2D eigenvalue weighted by Crippen LogP contribution is 2.44. The lowest BCUT2D eigenvalue weighted by atomic mass is 9.79. The van der Waals surface area contributed by atoms with E-state index in [9.17, 15) is 14.7 Å². The van der Waals surface area contributed by atoms with Crippen LogP contribution in [0, 0.1) is 11.8 Å². The molecule has 106 valence electrons. The second-order valence-electron chi connectivity index (χ2n) is 5.30. The standard InChI is InChI=1S/C14H20O5/c15-12(16)6-4-2-1-3-5-9-10-7-8-11(19-10)13(9)14(17)18/h3,5,9-11,13H,1-2,4,6-8H2,(H,15,16)(H,17,18)/b5-3-/t9-,10+,11-,13-/m0/s1. The Hall–Kier alpha value is -1.36. The first kappa shape index (κ1) is 14.1. The van der Waals surface area contributed by atoms with Crippen LogP contribution >= 0.6 is 0 Å². The van der Waals surface area contributed by atoms with Crippen LogP contribution in [0.15, 0.2) is 12.2 Å². The van der Waals surface area contributed by atoms with E-state index in [1.165, 1.54) is 0 Å². The number of hydrogen-bond acceptors (Lipinski definition) is 3. The van der Waals surface area contributed by atoms with Crippen molar-refractivity contribution in [1.82, 2.24) is 0 Å². The molecule has 0 saturated carbocycles. The molecule has 2 fully saturated rings. The van der Waals surface area contributed by atoms with Gasteiger partial charge in [-0.15, -0.1) is 0 Å². The molecule has 2 bridgehead atoms. The molecule has 0 aromatic heterocycles. The molecule has 4 atom stereocenters. The van der Waals surface area contributed by atoms with Crippen LogP contribution in [-0.2, 0) is 14.3 Å². The Bertz CT molecular complexity index is 376. The molecule has 2 N–H and O–H groups in total. The number of fused-ring (bicyclic) bond motifs is 2. The minimum Gasteiger partial charge on any atom is -0.481 e. The summed E-state index contributed by atoms with van der Waals surface area (Å²) in [5.74, 6) is -1.96. The lowest BCUT2D eigenvalue weighted by Gasteiger charge is -2.21. The zero-order valence-corrected chi connectivity index (χ0v) is 10.8. The lowest BCUT2D eigenvalue weighted by molar-refractivity contribution is -0.144. The zero-order valence-electron chi connectivity index (χ0n) is 10.8. The van der Waals surface area contributed by atoms with Crippen LogP contribution in [-0.4, -0.2) is 34.4 Å². The highest BCUT2D eigenvalue weighted by Gasteiger charge is 2.51. The second kappa shape index (κ2) is 6.19. The summed E-state index contributed by atoms with van der Waals surface area (Å²) in [4.78, 5) is 21.6. The fourth-order valence-corrected chi connectivity index (χ4v) is 3.07. The molecular weight excluding hydrogens is 248 g/mol. The average molecular weight is 268 g/mol. The van der Waals surface area contributed by atoms with E-state index >= 15 is 0 Å². The molecule has 0 aliphatic carbocycles. The molecule has 2 aliphatic rings. The first-order valence-electron chi connectivity index (χ1n) is 6.86. The summed E-state index contributed by atoms with van der Waals surface area (Å²) in [5, 5.41) is 17.7. The van der Waals surface area contributed by atoms with Crippen molar-refractivity contribution < 1.29 is 24.5 Å². The van der Waals surface area contributed by atoms with Gasteiger partial charge in [0, 0.05) is 12.3 Å². The summed E-state index contributed by atoms with van der Waals surface area (Å²) in [5.41, 5.74) is 0. The monoisotopic (exact) mass is 268 g/mol. The van der Waals surface area contributed by atoms with Crippen LogP contribution in [0.3, 0.4) is 0 Å². The molecule has 5 heteroatoms. The fourth-order valence-electron chi connectivity index (χ4n) is 3.07. The van der Waals surface area contributed by atoms with Crippen molar-refractivity contribution in [2.45, 2.75) is 50.7 Å². The van der Waals surface area contributed by atoms with E-state index in [-0.39, 0.29) is 24.5 Å². The topological polar surface area (TPSA) is 83.8 Å². The smallest absolute Gasteiger partial charge is 0.309 e. The third-order valence-corrected chi connectivity index (χ3v) is 3.98. The zero-order chi connectivity index (χ0) is 13.8. The van der Waals surface area contributed by atoms with Gasteiger partial charge in [-0.3, -0.25) is 9.59 Å². The summed E-state index contributed by atoms with van der Waals surface area (Å²) < 4.78 is 5.66. The molecule has 5 nitrogen and oxygen atoms in total. The van der Waals surface area contributed by atoms with E-state index in [1.54, 1.807) is 0 Å². The quantitative estimate of drug-likeness (QED) is 0.545. The molecule has 0 unspecified atom stereocenters. The van der Waals surface area contributed by atoms with Crippen molar-refractivity contribution >= 4 is 11.9 Å². The summed E-state index contributed by atoms with van der Waals surface area (Å²) in [7, 11) is 0. The van der Waals surface area contributed by atoms with Crippen molar-refractivity contribution in [1.29, 1.82) is 0 Å². The highest BCUT2D eigenvalue weighted by atomic mass is 16.5. The molecule has 0 aromatic rings. The van der Waals surface area contributed by atoms with Crippen LogP contribution in [0.4, 0.5) is 0 Å². The number of carbonyl (C=O) groups is 2. The van der Waals surface area contributed by atoms with Gasteiger partial charge in [0.25, 0.3) is 0 Å². The molecule has 0 radical (unpaired) electrons. The molecular formula is C14H20O5. The van der Waals surface area contributed by atoms with Crippen LogP contribution in [0.5, 0.6) is 0 Å². The SMILES string of the molecule is O=C(O)CCCC/C=C\[C@@H]1[C@H](C(=O)O)[C@@H]2CC[C@H]1O2. The number of aliphatic carboxylic acids is 2. The maximum Gasteiger partial charge on any atom is 0.309 e. The van der Waals surface area contributed by atoms with Gasteiger partial charge in [0.2, 0.25) is 0 Å². The van der Waals surface area contributed by atoms with Crippen LogP contribution < -0.4 is 0 Å². The summed E-state index contributed by atoms with van der Waals surface area (Å²) in [6, 6.07) is 0. The van der Waals surface area contributed by atoms with Gasteiger partial charge in [0.05, 0.1) is 18.1 Å². The first-order valence-corrected chi connectivity index (χ1v) is 6.86. The summed E-state index contributed by atoms with van der Waals surface area (Å²) in [6.45, 7) is 0. The molecule has 2 aliphatic heterocycles. The van der Waals surface area contributed by atoms with Crippen molar-refractivity contribution in [3.63, 3.8) is 0 Å². The number of carboxylic acids is 2. The summed E-state index contributed by atoms with van der Waals surface area (Å²) >= 11 is 0. The van der Waals surface area contributed by atoms with Gasteiger partial charge >= 0.3 is 11.9 Å². The Kier molecular flexibility index (Phi) is 4.58. The van der Waals surface area contributed by atoms with Crippen LogP contribution in [0.1, 0.15) is 38.5 Å². The Morgan fingerprint density at radius 2 is 1.89 bits per heavy atom. The average Bonchev–Trinajstić information content (AvgIpc) is 2.93. The largest absolute Gasteiger partial charge is 0.481 e. The van der Waals surface area contributed by atoms with Gasteiger partial charge < -0.3 is 14.9 Å². The summed E-state index contributed by atoms with van der Waals surface area (Å²) in [6.07, 6.45) is 8.15. The number of rotatable bonds is 7. The van der Waals surface area contributed by atoms with E-state index in [0.717, 1.165) is 25.7 Å². The Labute approximate surface area is 112 Å². The molecule has 19 heavy (non-hydrogen) atoms. The third kappa shape index (κ3) is 3.35. The Morgan fingerprint density at radius 3 is 2.58 bits per heavy atom. The normalized spacial score (nSPS) is 33.1. The van der Waals surface area contributed by atoms with Crippen molar-refractivity contribution in [3.8, 4) is 0 Å². The van der Waals surface area contributed by atoms with Gasteiger partial charge in [0.15, 0.2) is 0 Å². The number of hydrogen-bond donors (Lipinski definition) is 2. The van der Waals surface area contributed by atoms with E-state index in [4.69, 9.17) is 9.84 Å². The number of ether oxygens (including phenoxy) is 1. The first-order chi connectivity index (χ1) is 9.09. The minimum absolute atomic E-state index is 0.0178. The molecule has 0 aromatic carbocycles. The van der Waals surface area contributed by atoms with E-state index in [2.05, 4.69) is 0 Å². The van der Waals surface area contributed by atoms with Gasteiger partial charge in [0.1, 0.15) is 0 Å². The molecule has 2 heterocycles. The van der Waals surface area contributed by atoms with Crippen molar-refractivity contribution in [2.75, 3.05) is 0 Å². The van der Waals surface area contributed by atoms with Gasteiger partial charge in [-0.25, -0.2) is 0 Å². The van der Waals surface area contributed by atoms with Crippen LogP contribution in [0.25, 0.3) is 0 Å². The predicted molar refractivity (Wildman–Crippen MR) is 67.8 cm³/mol. The third-order valence-electron chi connectivity index (χ3n) is 3.98. The number of unbranched alkanes of at least 4 members (excludes halogenated alkanes) is 2. The Balaban J connectivity index is 1.78. The van der Waals surface area contributed by atoms with E-state index in [0.29, 0.717) is 6.42 Å².